The third-order valence-electron chi connectivity index (χ3n) is 2.12. The molecule has 1 aromatic rings. The third-order valence-corrected chi connectivity index (χ3v) is 2.12. The molecule has 0 N–H and O–H groups in total. The summed E-state index contributed by atoms with van der Waals surface area (Å²) in [6.07, 6.45) is 2.96. The largest absolute Gasteiger partial charge is 0.490 e. The molecule has 1 heterocycles. The van der Waals surface area contributed by atoms with Gasteiger partial charge in [-0.05, 0) is 12.1 Å². The molecule has 0 fully saturated rings. The van der Waals surface area contributed by atoms with Crippen molar-refractivity contribution in [1.29, 1.82) is 0 Å². The number of alkyl halides is 1. The van der Waals surface area contributed by atoms with Crippen LogP contribution in [0.25, 0.3) is 0 Å². The van der Waals surface area contributed by atoms with Gasteiger partial charge in [0.1, 0.15) is 19.0 Å². The van der Waals surface area contributed by atoms with Gasteiger partial charge in [0.05, 0.1) is 11.8 Å². The van der Waals surface area contributed by atoms with E-state index in [1.807, 2.05) is 0 Å². The van der Waals surface area contributed by atoms with Gasteiger partial charge < -0.3 is 4.74 Å². The summed E-state index contributed by atoms with van der Waals surface area (Å²) in [5, 5.41) is 7.20. The maximum atomic E-state index is 12.1. The lowest BCUT2D eigenvalue weighted by atomic mass is 10.2. The van der Waals surface area contributed by atoms with Crippen molar-refractivity contribution in [3.8, 4) is 5.75 Å². The van der Waals surface area contributed by atoms with Crippen LogP contribution in [0.15, 0.2) is 51.8 Å². The second-order valence-corrected chi connectivity index (χ2v) is 3.34. The smallest absolute Gasteiger partial charge is 0.282 e. The fourth-order valence-electron chi connectivity index (χ4n) is 1.37. The fraction of sp³-hybridized carbons (Fsp3) is 0.167. The molecule has 0 aliphatic carbocycles. The Labute approximate surface area is 103 Å². The first-order valence-electron chi connectivity index (χ1n) is 5.29. The Kier molecular flexibility index (Phi) is 3.90. The quantitative estimate of drug-likeness (QED) is 0.820. The molecule has 0 aromatic heterocycles. The predicted octanol–water partition coefficient (Wildman–Crippen LogP) is 2.55. The minimum atomic E-state index is -0.617. The molecular formula is C12H10FN3O2. The standard InChI is InChI=1S/C12H10FN3O2/c13-6-8-18-10-4-2-1-3-9(10)12(17)15-11-5-7-14-16-11/h1-5,7H,6,8H2. The lowest BCUT2D eigenvalue weighted by molar-refractivity contribution is 0.0998. The van der Waals surface area contributed by atoms with Crippen molar-refractivity contribution in [2.24, 2.45) is 15.2 Å². The molecule has 18 heavy (non-hydrogen) atoms. The van der Waals surface area contributed by atoms with Crippen LogP contribution >= 0.6 is 0 Å². The Bertz CT molecular complexity index is 524. The average Bonchev–Trinajstić information content (AvgIpc) is 2.89. The van der Waals surface area contributed by atoms with E-state index in [4.69, 9.17) is 4.74 Å². The van der Waals surface area contributed by atoms with Gasteiger partial charge in [0.15, 0.2) is 5.84 Å². The number of azo groups is 1. The van der Waals surface area contributed by atoms with Gasteiger partial charge in [0, 0.05) is 6.08 Å². The Morgan fingerprint density at radius 1 is 1.39 bits per heavy atom. The predicted molar refractivity (Wildman–Crippen MR) is 63.7 cm³/mol. The highest BCUT2D eigenvalue weighted by Gasteiger charge is 2.12. The maximum Gasteiger partial charge on any atom is 0.282 e. The van der Waals surface area contributed by atoms with Crippen LogP contribution < -0.4 is 4.74 Å². The number of amides is 1. The summed E-state index contributed by atoms with van der Waals surface area (Å²) < 4.78 is 17.2. The van der Waals surface area contributed by atoms with E-state index in [2.05, 4.69) is 15.2 Å². The van der Waals surface area contributed by atoms with Crippen LogP contribution in [0, 0.1) is 0 Å². The Balaban J connectivity index is 2.21. The molecule has 0 spiro atoms. The van der Waals surface area contributed by atoms with E-state index in [0.29, 0.717) is 5.75 Å². The summed E-state index contributed by atoms with van der Waals surface area (Å²) in [6.45, 7) is -0.714. The number of ether oxygens (including phenoxy) is 1. The first-order chi connectivity index (χ1) is 8.81. The van der Waals surface area contributed by atoms with Crippen LogP contribution in [0.5, 0.6) is 5.75 Å². The van der Waals surface area contributed by atoms with Crippen LogP contribution in [0.1, 0.15) is 10.4 Å². The molecule has 6 heteroatoms. The van der Waals surface area contributed by atoms with Crippen LogP contribution in [0.2, 0.25) is 0 Å². The summed E-state index contributed by atoms with van der Waals surface area (Å²) in [5.41, 5.74) is 0.272. The SMILES string of the molecule is O=C(N=C1C=CN=N1)c1ccccc1OCCF. The number of aliphatic imine (C=N–C) groups is 1. The summed E-state index contributed by atoms with van der Waals surface area (Å²) in [7, 11) is 0. The molecule has 1 aliphatic rings. The molecular weight excluding hydrogens is 237 g/mol. The number of halogens is 1. The lowest BCUT2D eigenvalue weighted by Gasteiger charge is -2.07. The second kappa shape index (κ2) is 5.81. The van der Waals surface area contributed by atoms with E-state index in [1.54, 1.807) is 24.3 Å². The molecule has 0 saturated carbocycles. The van der Waals surface area contributed by atoms with Gasteiger partial charge in [-0.1, -0.05) is 12.1 Å². The van der Waals surface area contributed by atoms with E-state index in [9.17, 15) is 9.18 Å². The van der Waals surface area contributed by atoms with Gasteiger partial charge in [-0.2, -0.15) is 10.1 Å². The lowest BCUT2D eigenvalue weighted by Crippen LogP contribution is -2.05. The van der Waals surface area contributed by atoms with Crippen molar-refractivity contribution in [1.82, 2.24) is 0 Å². The number of rotatable bonds is 4. The highest BCUT2D eigenvalue weighted by molar-refractivity contribution is 6.08. The zero-order valence-electron chi connectivity index (χ0n) is 9.41. The number of hydrogen-bond acceptors (Lipinski definition) is 3. The van der Waals surface area contributed by atoms with Crippen molar-refractivity contribution in [3.05, 3.63) is 42.1 Å². The minimum absolute atomic E-state index is 0.0968. The van der Waals surface area contributed by atoms with Crippen molar-refractivity contribution in [2.75, 3.05) is 13.3 Å². The molecule has 1 aliphatic heterocycles. The van der Waals surface area contributed by atoms with E-state index in [-0.39, 0.29) is 18.0 Å². The monoisotopic (exact) mass is 247 g/mol. The molecule has 2 rings (SSSR count). The van der Waals surface area contributed by atoms with Crippen molar-refractivity contribution in [3.63, 3.8) is 0 Å². The zero-order chi connectivity index (χ0) is 12.8. The number of benzene rings is 1. The number of carbonyl (C=O) groups excluding carboxylic acids is 1. The summed E-state index contributed by atoms with van der Waals surface area (Å²) in [4.78, 5) is 15.7. The Hall–Kier alpha value is -2.37. The van der Waals surface area contributed by atoms with Crippen LogP contribution in [-0.4, -0.2) is 25.0 Å². The maximum absolute atomic E-state index is 12.1. The molecule has 1 aromatic carbocycles. The normalized spacial score (nSPS) is 15.3. The van der Waals surface area contributed by atoms with Gasteiger partial charge in [-0.3, -0.25) is 4.79 Å². The second-order valence-electron chi connectivity index (χ2n) is 3.34. The number of hydrogen-bond donors (Lipinski definition) is 0. The first-order valence-corrected chi connectivity index (χ1v) is 5.29. The number of para-hydroxylation sites is 1. The molecule has 92 valence electrons. The highest BCUT2D eigenvalue weighted by atomic mass is 19.1. The minimum Gasteiger partial charge on any atom is -0.490 e. The van der Waals surface area contributed by atoms with Crippen molar-refractivity contribution >= 4 is 11.7 Å². The summed E-state index contributed by atoms with van der Waals surface area (Å²) in [5.74, 6) is 0.0497. The van der Waals surface area contributed by atoms with Gasteiger partial charge in [0.2, 0.25) is 0 Å². The zero-order valence-corrected chi connectivity index (χ0v) is 9.41. The molecule has 0 bridgehead atoms. The number of amidine groups is 1. The van der Waals surface area contributed by atoms with E-state index < -0.39 is 12.6 Å². The molecule has 0 unspecified atom stereocenters. The molecule has 1 amide bonds. The summed E-state index contributed by atoms with van der Waals surface area (Å²) in [6, 6.07) is 6.54. The number of carbonyl (C=O) groups is 1. The topological polar surface area (TPSA) is 63.4 Å². The molecule has 0 radical (unpaired) electrons. The average molecular weight is 247 g/mol. The summed E-state index contributed by atoms with van der Waals surface area (Å²) >= 11 is 0. The van der Waals surface area contributed by atoms with Gasteiger partial charge in [0.25, 0.3) is 5.91 Å². The number of nitrogens with zero attached hydrogens (tertiary/aromatic N) is 3. The fourth-order valence-corrected chi connectivity index (χ4v) is 1.37. The third kappa shape index (κ3) is 2.85. The van der Waals surface area contributed by atoms with Gasteiger partial charge in [-0.15, -0.1) is 5.11 Å². The van der Waals surface area contributed by atoms with Crippen LogP contribution in [0.3, 0.4) is 0 Å². The Morgan fingerprint density at radius 2 is 2.22 bits per heavy atom. The molecule has 0 atom stereocenters. The first kappa shape index (κ1) is 12.1. The Morgan fingerprint density at radius 3 is 2.94 bits per heavy atom. The van der Waals surface area contributed by atoms with E-state index >= 15 is 0 Å². The van der Waals surface area contributed by atoms with E-state index in [1.165, 1.54) is 12.3 Å². The van der Waals surface area contributed by atoms with Gasteiger partial charge in [-0.25, -0.2) is 4.39 Å². The van der Waals surface area contributed by atoms with E-state index in [0.717, 1.165) is 0 Å². The van der Waals surface area contributed by atoms with Gasteiger partial charge >= 0.3 is 0 Å². The van der Waals surface area contributed by atoms with Crippen LogP contribution in [-0.2, 0) is 0 Å². The van der Waals surface area contributed by atoms with Crippen LogP contribution in [0.4, 0.5) is 4.39 Å². The van der Waals surface area contributed by atoms with Crippen molar-refractivity contribution in [2.45, 2.75) is 0 Å². The molecule has 0 saturated heterocycles. The molecule has 5 nitrogen and oxygen atoms in total. The highest BCUT2D eigenvalue weighted by Crippen LogP contribution is 2.19. The van der Waals surface area contributed by atoms with Crippen molar-refractivity contribution < 1.29 is 13.9 Å².